The molecular weight excluding hydrogens is 196 g/mol. The van der Waals surface area contributed by atoms with Crippen molar-refractivity contribution in [3.63, 3.8) is 0 Å². The van der Waals surface area contributed by atoms with Crippen LogP contribution in [0.4, 0.5) is 0 Å². The lowest BCUT2D eigenvalue weighted by atomic mass is 10.0. The van der Waals surface area contributed by atoms with Gasteiger partial charge in [-0.2, -0.15) is 0 Å². The summed E-state index contributed by atoms with van der Waals surface area (Å²) >= 11 is 0. The Labute approximate surface area is 96.7 Å². The smallest absolute Gasteiger partial charge is 0.0705 e. The summed E-state index contributed by atoms with van der Waals surface area (Å²) in [5.41, 5.74) is 2.44. The number of nitrogens with one attached hydrogen (secondary N) is 1. The van der Waals surface area contributed by atoms with E-state index in [1.807, 2.05) is 12.3 Å². The molecule has 2 nitrogen and oxygen atoms in total. The molecule has 0 aliphatic carbocycles. The van der Waals surface area contributed by atoms with Gasteiger partial charge in [0.15, 0.2) is 0 Å². The zero-order chi connectivity index (χ0) is 11.4. The fourth-order valence-corrected chi connectivity index (χ4v) is 2.14. The molecule has 1 aromatic heterocycles. The maximum atomic E-state index is 4.39. The Kier molecular flexibility index (Phi) is 3.52. The molecule has 0 spiro atoms. The van der Waals surface area contributed by atoms with Crippen LogP contribution in [0.3, 0.4) is 0 Å². The van der Waals surface area contributed by atoms with Gasteiger partial charge in [-0.05, 0) is 30.7 Å². The number of hydrogen-bond donors (Lipinski definition) is 1. The largest absolute Gasteiger partial charge is 0.310 e. The van der Waals surface area contributed by atoms with Gasteiger partial charge in [-0.3, -0.25) is 4.98 Å². The Morgan fingerprint density at radius 2 is 2.00 bits per heavy atom. The van der Waals surface area contributed by atoms with Crippen LogP contribution in [0.5, 0.6) is 0 Å². The summed E-state index contributed by atoms with van der Waals surface area (Å²) < 4.78 is 0. The average Bonchev–Trinajstić information content (AvgIpc) is 2.35. The molecule has 84 valence electrons. The maximum Gasteiger partial charge on any atom is 0.0705 e. The van der Waals surface area contributed by atoms with Crippen molar-refractivity contribution in [1.29, 1.82) is 0 Å². The molecular formula is C14H18N2. The van der Waals surface area contributed by atoms with E-state index in [1.54, 1.807) is 0 Å². The number of aromatic nitrogens is 1. The van der Waals surface area contributed by atoms with Crippen molar-refractivity contribution in [1.82, 2.24) is 10.3 Å². The van der Waals surface area contributed by atoms with E-state index in [0.29, 0.717) is 6.04 Å². The van der Waals surface area contributed by atoms with Gasteiger partial charge >= 0.3 is 0 Å². The van der Waals surface area contributed by atoms with E-state index in [0.717, 1.165) is 18.5 Å². The van der Waals surface area contributed by atoms with Gasteiger partial charge in [0.1, 0.15) is 0 Å². The fourth-order valence-electron chi connectivity index (χ4n) is 2.14. The standard InChI is InChI=1S/C14H18N2/c1-3-13(15-4-2)12-9-10-16-14-8-6-5-7-11(12)14/h5-10,13,15H,3-4H2,1-2H3. The summed E-state index contributed by atoms with van der Waals surface area (Å²) in [5, 5.41) is 4.77. The van der Waals surface area contributed by atoms with Gasteiger partial charge in [0, 0.05) is 17.6 Å². The number of fused-ring (bicyclic) bond motifs is 1. The third-order valence-corrected chi connectivity index (χ3v) is 2.92. The Balaban J connectivity index is 2.50. The molecule has 0 aliphatic rings. The van der Waals surface area contributed by atoms with Gasteiger partial charge in [-0.15, -0.1) is 0 Å². The summed E-state index contributed by atoms with van der Waals surface area (Å²) in [6.45, 7) is 5.35. The summed E-state index contributed by atoms with van der Waals surface area (Å²) in [6.07, 6.45) is 3.00. The minimum absolute atomic E-state index is 0.429. The minimum atomic E-state index is 0.429. The number of benzene rings is 1. The van der Waals surface area contributed by atoms with Gasteiger partial charge in [-0.1, -0.05) is 32.0 Å². The number of pyridine rings is 1. The molecule has 1 N–H and O–H groups in total. The molecule has 16 heavy (non-hydrogen) atoms. The summed E-state index contributed by atoms with van der Waals surface area (Å²) in [7, 11) is 0. The molecule has 0 fully saturated rings. The second-order valence-electron chi connectivity index (χ2n) is 3.94. The molecule has 1 unspecified atom stereocenters. The number of nitrogens with zero attached hydrogens (tertiary/aromatic N) is 1. The summed E-state index contributed by atoms with van der Waals surface area (Å²) in [6, 6.07) is 10.9. The first-order valence-electron chi connectivity index (χ1n) is 5.93. The molecule has 0 radical (unpaired) electrons. The Morgan fingerprint density at radius 3 is 2.75 bits per heavy atom. The van der Waals surface area contributed by atoms with Crippen molar-refractivity contribution in [2.24, 2.45) is 0 Å². The Bertz CT molecular complexity index is 460. The highest BCUT2D eigenvalue weighted by atomic mass is 14.9. The molecule has 0 saturated carbocycles. The first-order chi connectivity index (χ1) is 7.86. The van der Waals surface area contributed by atoms with E-state index in [9.17, 15) is 0 Å². The van der Waals surface area contributed by atoms with Gasteiger partial charge in [-0.25, -0.2) is 0 Å². The Morgan fingerprint density at radius 1 is 1.19 bits per heavy atom. The molecule has 0 amide bonds. The van der Waals surface area contributed by atoms with Crippen molar-refractivity contribution < 1.29 is 0 Å². The predicted molar refractivity (Wildman–Crippen MR) is 68.5 cm³/mol. The first-order valence-corrected chi connectivity index (χ1v) is 5.93. The van der Waals surface area contributed by atoms with Crippen LogP contribution in [0.25, 0.3) is 10.9 Å². The van der Waals surface area contributed by atoms with Crippen molar-refractivity contribution in [2.75, 3.05) is 6.54 Å². The van der Waals surface area contributed by atoms with Crippen LogP contribution in [0.2, 0.25) is 0 Å². The molecule has 1 atom stereocenters. The fraction of sp³-hybridized carbons (Fsp3) is 0.357. The third-order valence-electron chi connectivity index (χ3n) is 2.92. The SMILES string of the molecule is CCNC(CC)c1ccnc2ccccc12. The van der Waals surface area contributed by atoms with Crippen LogP contribution in [-0.4, -0.2) is 11.5 Å². The third kappa shape index (κ3) is 2.07. The molecule has 1 heterocycles. The molecule has 0 saturated heterocycles. The van der Waals surface area contributed by atoms with Gasteiger partial charge in [0.2, 0.25) is 0 Å². The van der Waals surface area contributed by atoms with Gasteiger partial charge < -0.3 is 5.32 Å². The highest BCUT2D eigenvalue weighted by Gasteiger charge is 2.10. The quantitative estimate of drug-likeness (QED) is 0.844. The van der Waals surface area contributed by atoms with E-state index in [2.05, 4.69) is 48.4 Å². The first kappa shape index (κ1) is 11.1. The molecule has 2 heteroatoms. The second-order valence-corrected chi connectivity index (χ2v) is 3.94. The normalized spacial score (nSPS) is 12.9. The predicted octanol–water partition coefficient (Wildman–Crippen LogP) is 3.30. The molecule has 0 aliphatic heterocycles. The van der Waals surface area contributed by atoms with Crippen LogP contribution in [0, 0.1) is 0 Å². The maximum absolute atomic E-state index is 4.39. The number of para-hydroxylation sites is 1. The van der Waals surface area contributed by atoms with Crippen LogP contribution >= 0.6 is 0 Å². The lowest BCUT2D eigenvalue weighted by Crippen LogP contribution is -2.20. The van der Waals surface area contributed by atoms with E-state index in [1.165, 1.54) is 10.9 Å². The Hall–Kier alpha value is -1.41. The number of rotatable bonds is 4. The average molecular weight is 214 g/mol. The van der Waals surface area contributed by atoms with Crippen molar-refractivity contribution in [3.8, 4) is 0 Å². The van der Waals surface area contributed by atoms with E-state index in [-0.39, 0.29) is 0 Å². The second kappa shape index (κ2) is 5.08. The molecule has 1 aromatic carbocycles. The van der Waals surface area contributed by atoms with E-state index in [4.69, 9.17) is 0 Å². The lowest BCUT2D eigenvalue weighted by molar-refractivity contribution is 0.540. The highest BCUT2D eigenvalue weighted by molar-refractivity contribution is 5.82. The topological polar surface area (TPSA) is 24.9 Å². The van der Waals surface area contributed by atoms with Gasteiger partial charge in [0.05, 0.1) is 5.52 Å². The zero-order valence-electron chi connectivity index (χ0n) is 9.90. The van der Waals surface area contributed by atoms with E-state index >= 15 is 0 Å². The molecule has 2 rings (SSSR count). The van der Waals surface area contributed by atoms with Crippen molar-refractivity contribution >= 4 is 10.9 Å². The molecule has 2 aromatic rings. The van der Waals surface area contributed by atoms with Crippen LogP contribution in [-0.2, 0) is 0 Å². The monoisotopic (exact) mass is 214 g/mol. The zero-order valence-corrected chi connectivity index (χ0v) is 9.90. The molecule has 0 bridgehead atoms. The lowest BCUT2D eigenvalue weighted by Gasteiger charge is -2.17. The van der Waals surface area contributed by atoms with Crippen LogP contribution < -0.4 is 5.32 Å². The minimum Gasteiger partial charge on any atom is -0.310 e. The van der Waals surface area contributed by atoms with Crippen molar-refractivity contribution in [2.45, 2.75) is 26.3 Å². The van der Waals surface area contributed by atoms with Crippen molar-refractivity contribution in [3.05, 3.63) is 42.1 Å². The summed E-state index contributed by atoms with van der Waals surface area (Å²) in [4.78, 5) is 4.39. The van der Waals surface area contributed by atoms with Gasteiger partial charge in [0.25, 0.3) is 0 Å². The van der Waals surface area contributed by atoms with E-state index < -0.39 is 0 Å². The summed E-state index contributed by atoms with van der Waals surface area (Å²) in [5.74, 6) is 0. The number of hydrogen-bond acceptors (Lipinski definition) is 2. The van der Waals surface area contributed by atoms with Crippen LogP contribution in [0.15, 0.2) is 36.5 Å². The van der Waals surface area contributed by atoms with Crippen LogP contribution in [0.1, 0.15) is 31.9 Å². The highest BCUT2D eigenvalue weighted by Crippen LogP contribution is 2.24.